The molecule has 0 bridgehead atoms. The van der Waals surface area contributed by atoms with Crippen LogP contribution in [0.1, 0.15) is 0 Å². The van der Waals surface area contributed by atoms with Crippen LogP contribution in [-0.2, 0) is 0 Å². The van der Waals surface area contributed by atoms with E-state index in [0.717, 1.165) is 94.8 Å². The SMILES string of the molecule is c1ccc(-c2nc(-c3cccc(-c4ccc(-n5c6ccccc6c6ccccc65)c(-c5ccc6c(c5)c5ccc(-n7c8ccccc8c8ccccc87)cc5n6-c5ccccc5)c4)c3)nc(-c3cccc(-n4c5ccccc5c5ccccc54)c3)n2)cc1. The standard InChI is InChI=1S/C81H51N7/c1-3-21-52(22-4-1)79-82-80(84-81(83-79)57-25-20-28-59(48-57)86-70-35-13-7-29-61(70)62-30-8-14-36-71(62)86)56-24-19-23-53(47-56)54-41-45-76(88-74-39-17-11-33-65(74)66-34-12-18-40-75(66)88)68(49-54)55-42-46-77-69(50-55)67-44-43-60(51-78(67)85(77)58-26-5-2-6-27-58)87-72-37-15-9-31-63(72)64-32-10-16-38-73(64)87/h1-51H. The Balaban J connectivity index is 0.813. The molecule has 0 atom stereocenters. The fourth-order valence-corrected chi connectivity index (χ4v) is 13.9. The van der Waals surface area contributed by atoms with Crippen molar-refractivity contribution < 1.29 is 0 Å². The molecule has 18 rings (SSSR count). The summed E-state index contributed by atoms with van der Waals surface area (Å²) >= 11 is 0. The summed E-state index contributed by atoms with van der Waals surface area (Å²) in [4.78, 5) is 15.8. The zero-order chi connectivity index (χ0) is 57.8. The third-order valence-corrected chi connectivity index (χ3v) is 17.8. The fourth-order valence-electron chi connectivity index (χ4n) is 13.9. The summed E-state index contributed by atoms with van der Waals surface area (Å²) in [5.41, 5.74) is 20.6. The molecule has 410 valence electrons. The van der Waals surface area contributed by atoms with Crippen molar-refractivity contribution in [1.29, 1.82) is 0 Å². The smallest absolute Gasteiger partial charge is 0.164 e. The lowest BCUT2D eigenvalue weighted by Crippen LogP contribution is -2.01. The van der Waals surface area contributed by atoms with Crippen LogP contribution >= 0.6 is 0 Å². The summed E-state index contributed by atoms with van der Waals surface area (Å²) in [6.45, 7) is 0. The molecule has 0 amide bonds. The van der Waals surface area contributed by atoms with Crippen molar-refractivity contribution in [1.82, 2.24) is 33.2 Å². The van der Waals surface area contributed by atoms with Crippen LogP contribution in [0.2, 0.25) is 0 Å². The van der Waals surface area contributed by atoms with Gasteiger partial charge in [-0.25, -0.2) is 15.0 Å². The summed E-state index contributed by atoms with van der Waals surface area (Å²) in [5, 5.41) is 9.69. The van der Waals surface area contributed by atoms with E-state index < -0.39 is 0 Å². The van der Waals surface area contributed by atoms with Crippen LogP contribution < -0.4 is 0 Å². The van der Waals surface area contributed by atoms with Gasteiger partial charge < -0.3 is 18.3 Å². The molecule has 0 unspecified atom stereocenters. The Kier molecular flexibility index (Phi) is 11.2. The van der Waals surface area contributed by atoms with E-state index in [9.17, 15) is 0 Å². The van der Waals surface area contributed by atoms with Crippen LogP contribution in [0.4, 0.5) is 0 Å². The summed E-state index contributed by atoms with van der Waals surface area (Å²) in [6.07, 6.45) is 0. The molecule has 7 nitrogen and oxygen atoms in total. The number of hydrogen-bond acceptors (Lipinski definition) is 3. The van der Waals surface area contributed by atoms with Gasteiger partial charge in [-0.3, -0.25) is 0 Å². The number of aromatic nitrogens is 7. The lowest BCUT2D eigenvalue weighted by molar-refractivity contribution is 1.07. The first-order chi connectivity index (χ1) is 43.6. The average Bonchev–Trinajstić information content (AvgIpc) is 2.13. The lowest BCUT2D eigenvalue weighted by Gasteiger charge is -2.17. The van der Waals surface area contributed by atoms with Crippen molar-refractivity contribution in [2.45, 2.75) is 0 Å². The normalized spacial score (nSPS) is 11.9. The zero-order valence-electron chi connectivity index (χ0n) is 47.6. The van der Waals surface area contributed by atoms with E-state index in [-0.39, 0.29) is 0 Å². The summed E-state index contributed by atoms with van der Waals surface area (Å²) in [7, 11) is 0. The first-order valence-corrected chi connectivity index (χ1v) is 29.9. The Labute approximate surface area is 506 Å². The van der Waals surface area contributed by atoms with Gasteiger partial charge in [-0.05, 0) is 120 Å². The molecule has 0 fully saturated rings. The highest BCUT2D eigenvalue weighted by atomic mass is 15.0. The van der Waals surface area contributed by atoms with Crippen LogP contribution in [0.5, 0.6) is 0 Å². The summed E-state index contributed by atoms with van der Waals surface area (Å²) in [5.74, 6) is 1.80. The van der Waals surface area contributed by atoms with E-state index in [2.05, 4.69) is 309 Å². The number of benzene rings is 13. The maximum absolute atomic E-state index is 5.34. The number of rotatable bonds is 9. The molecule has 5 aromatic heterocycles. The number of para-hydroxylation sites is 7. The Hall–Kier alpha value is -11.9. The second-order valence-corrected chi connectivity index (χ2v) is 22.7. The van der Waals surface area contributed by atoms with Gasteiger partial charge in [0.25, 0.3) is 0 Å². The molecule has 0 radical (unpaired) electrons. The van der Waals surface area contributed by atoms with Gasteiger partial charge in [-0.2, -0.15) is 0 Å². The summed E-state index contributed by atoms with van der Waals surface area (Å²) < 4.78 is 9.63. The molecule has 13 aromatic carbocycles. The number of nitrogens with zero attached hydrogens (tertiary/aromatic N) is 7. The third-order valence-electron chi connectivity index (χ3n) is 17.8. The zero-order valence-corrected chi connectivity index (χ0v) is 47.6. The minimum absolute atomic E-state index is 0.594. The highest BCUT2D eigenvalue weighted by Crippen LogP contribution is 2.43. The van der Waals surface area contributed by atoms with Crippen LogP contribution in [0.3, 0.4) is 0 Å². The Morgan fingerprint density at radius 3 is 1.11 bits per heavy atom. The molecule has 0 aliphatic carbocycles. The quantitative estimate of drug-likeness (QED) is 0.145. The monoisotopic (exact) mass is 1120 g/mol. The first kappa shape index (κ1) is 49.5. The topological polar surface area (TPSA) is 58.4 Å². The van der Waals surface area contributed by atoms with Crippen LogP contribution in [0.15, 0.2) is 309 Å². The molecular formula is C81H51N7. The predicted molar refractivity (Wildman–Crippen MR) is 364 cm³/mol. The highest BCUT2D eigenvalue weighted by molar-refractivity contribution is 6.14. The largest absolute Gasteiger partial charge is 0.309 e. The number of fused-ring (bicyclic) bond motifs is 12. The molecule has 0 saturated heterocycles. The molecule has 0 saturated carbocycles. The predicted octanol–water partition coefficient (Wildman–Crippen LogP) is 20.6. The highest BCUT2D eigenvalue weighted by Gasteiger charge is 2.22. The molecule has 0 aliphatic rings. The molecule has 0 N–H and O–H groups in total. The average molecular weight is 1120 g/mol. The van der Waals surface area contributed by atoms with E-state index in [1.54, 1.807) is 0 Å². The van der Waals surface area contributed by atoms with Crippen molar-refractivity contribution in [3.8, 4) is 79.2 Å². The Morgan fingerprint density at radius 2 is 0.557 bits per heavy atom. The Bertz CT molecular complexity index is 5660. The van der Waals surface area contributed by atoms with Crippen molar-refractivity contribution in [3.63, 3.8) is 0 Å². The molecule has 7 heteroatoms. The van der Waals surface area contributed by atoms with Gasteiger partial charge in [0.1, 0.15) is 0 Å². The van der Waals surface area contributed by atoms with Gasteiger partial charge in [-0.1, -0.05) is 206 Å². The molecule has 0 spiro atoms. The number of hydrogen-bond donors (Lipinski definition) is 0. The van der Waals surface area contributed by atoms with Gasteiger partial charge >= 0.3 is 0 Å². The molecule has 5 heterocycles. The van der Waals surface area contributed by atoms with E-state index >= 15 is 0 Å². The van der Waals surface area contributed by atoms with Crippen molar-refractivity contribution in [2.24, 2.45) is 0 Å². The van der Waals surface area contributed by atoms with Gasteiger partial charge in [0.05, 0.1) is 49.8 Å². The van der Waals surface area contributed by atoms with Crippen molar-refractivity contribution >= 4 is 87.2 Å². The van der Waals surface area contributed by atoms with Gasteiger partial charge in [0, 0.05) is 82.4 Å². The van der Waals surface area contributed by atoms with Crippen LogP contribution in [-0.4, -0.2) is 33.2 Å². The van der Waals surface area contributed by atoms with Gasteiger partial charge in [0.2, 0.25) is 0 Å². The van der Waals surface area contributed by atoms with Crippen LogP contribution in [0.25, 0.3) is 166 Å². The van der Waals surface area contributed by atoms with Crippen molar-refractivity contribution in [2.75, 3.05) is 0 Å². The fraction of sp³-hybridized carbons (Fsp3) is 0. The minimum Gasteiger partial charge on any atom is -0.309 e. The first-order valence-electron chi connectivity index (χ1n) is 29.9. The maximum Gasteiger partial charge on any atom is 0.164 e. The van der Waals surface area contributed by atoms with E-state index in [0.29, 0.717) is 17.5 Å². The molecular weight excluding hydrogens is 1070 g/mol. The maximum atomic E-state index is 5.34. The minimum atomic E-state index is 0.594. The van der Waals surface area contributed by atoms with Crippen LogP contribution in [0, 0.1) is 0 Å². The second kappa shape index (κ2) is 19.8. The molecule has 0 aliphatic heterocycles. The van der Waals surface area contributed by atoms with Gasteiger partial charge in [-0.15, -0.1) is 0 Å². The summed E-state index contributed by atoms with van der Waals surface area (Å²) in [6, 6.07) is 111. The van der Waals surface area contributed by atoms with Crippen molar-refractivity contribution in [3.05, 3.63) is 309 Å². The van der Waals surface area contributed by atoms with Gasteiger partial charge in [0.15, 0.2) is 17.5 Å². The molecule has 18 aromatic rings. The van der Waals surface area contributed by atoms with E-state index in [1.807, 2.05) is 18.2 Å². The third kappa shape index (κ3) is 7.81. The molecule has 88 heavy (non-hydrogen) atoms. The Morgan fingerprint density at radius 1 is 0.182 bits per heavy atom. The van der Waals surface area contributed by atoms with E-state index in [1.165, 1.54) is 54.1 Å². The lowest BCUT2D eigenvalue weighted by atomic mass is 9.95. The van der Waals surface area contributed by atoms with E-state index in [4.69, 9.17) is 15.0 Å². The second-order valence-electron chi connectivity index (χ2n) is 22.7.